The molecule has 0 fully saturated rings. The molecule has 0 radical (unpaired) electrons. The molecule has 1 aromatic rings. The van der Waals surface area contributed by atoms with Gasteiger partial charge in [-0.1, -0.05) is 30.3 Å². The largest absolute Gasteiger partial charge is 0.394 e. The lowest BCUT2D eigenvalue weighted by atomic mass is 10.2. The van der Waals surface area contributed by atoms with Crippen molar-refractivity contribution in [1.29, 1.82) is 0 Å². The van der Waals surface area contributed by atoms with Gasteiger partial charge in [0, 0.05) is 5.56 Å². The summed E-state index contributed by atoms with van der Waals surface area (Å²) in [4.78, 5) is 10.0. The Morgan fingerprint density at radius 3 is 1.83 bits per heavy atom. The summed E-state index contributed by atoms with van der Waals surface area (Å²) in [6.45, 7) is -0.250. The molecule has 66 valence electrons. The molecule has 0 heterocycles. The Hall–Kier alpha value is -1.19. The second-order valence-corrected chi connectivity index (χ2v) is 1.98. The third-order valence-corrected chi connectivity index (χ3v) is 1.04. The van der Waals surface area contributed by atoms with E-state index in [4.69, 9.17) is 10.2 Å². The van der Waals surface area contributed by atoms with Crippen LogP contribution in [-0.4, -0.2) is 29.7 Å². The standard InChI is InChI=1S/C7H6O.C2H6O2/c8-6-7-4-2-1-3-5-7;3-1-2-4/h1-6H;3-4H,1-2H2. The van der Waals surface area contributed by atoms with Gasteiger partial charge >= 0.3 is 0 Å². The zero-order valence-corrected chi connectivity index (χ0v) is 6.68. The fourth-order valence-corrected chi connectivity index (χ4v) is 0.532. The zero-order valence-electron chi connectivity index (χ0n) is 6.68. The van der Waals surface area contributed by atoms with E-state index in [1.807, 2.05) is 18.2 Å². The van der Waals surface area contributed by atoms with Crippen LogP contribution < -0.4 is 0 Å². The summed E-state index contributed by atoms with van der Waals surface area (Å²) in [7, 11) is 0. The van der Waals surface area contributed by atoms with Crippen LogP contribution in [0.1, 0.15) is 10.4 Å². The summed E-state index contributed by atoms with van der Waals surface area (Å²) in [5, 5.41) is 15.2. The molecule has 12 heavy (non-hydrogen) atoms. The van der Waals surface area contributed by atoms with Gasteiger partial charge in [-0.25, -0.2) is 0 Å². The zero-order chi connectivity index (χ0) is 9.23. The molecule has 0 atom stereocenters. The fourth-order valence-electron chi connectivity index (χ4n) is 0.532. The third kappa shape index (κ3) is 5.58. The molecule has 3 nitrogen and oxygen atoms in total. The van der Waals surface area contributed by atoms with Crippen molar-refractivity contribution in [3.8, 4) is 0 Å². The number of aldehydes is 1. The van der Waals surface area contributed by atoms with E-state index in [9.17, 15) is 4.79 Å². The molecular weight excluding hydrogens is 156 g/mol. The number of aliphatic hydroxyl groups excluding tert-OH is 2. The summed E-state index contributed by atoms with van der Waals surface area (Å²) < 4.78 is 0. The summed E-state index contributed by atoms with van der Waals surface area (Å²) in [6.07, 6.45) is 0.833. The van der Waals surface area contributed by atoms with Gasteiger partial charge in [-0.3, -0.25) is 4.79 Å². The number of hydrogen-bond acceptors (Lipinski definition) is 3. The van der Waals surface area contributed by atoms with Gasteiger partial charge in [-0.05, 0) is 0 Å². The maximum atomic E-state index is 10.0. The van der Waals surface area contributed by atoms with E-state index in [0.29, 0.717) is 0 Å². The summed E-state index contributed by atoms with van der Waals surface area (Å²) in [6, 6.07) is 9.10. The summed E-state index contributed by atoms with van der Waals surface area (Å²) in [5.41, 5.74) is 0.729. The Morgan fingerprint density at radius 2 is 1.58 bits per heavy atom. The Kier molecular flexibility index (Phi) is 7.13. The van der Waals surface area contributed by atoms with Crippen LogP contribution in [0, 0.1) is 0 Å². The van der Waals surface area contributed by atoms with Crippen molar-refractivity contribution in [3.63, 3.8) is 0 Å². The van der Waals surface area contributed by atoms with E-state index in [1.165, 1.54) is 0 Å². The van der Waals surface area contributed by atoms with Crippen LogP contribution in [0.5, 0.6) is 0 Å². The molecule has 0 bridgehead atoms. The van der Waals surface area contributed by atoms with Crippen LogP contribution in [0.3, 0.4) is 0 Å². The Morgan fingerprint density at radius 1 is 1.08 bits per heavy atom. The minimum atomic E-state index is -0.125. The van der Waals surface area contributed by atoms with Crippen LogP contribution in [0.25, 0.3) is 0 Å². The van der Waals surface area contributed by atoms with E-state index in [-0.39, 0.29) is 13.2 Å². The van der Waals surface area contributed by atoms with Gasteiger partial charge in [-0.15, -0.1) is 0 Å². The highest BCUT2D eigenvalue weighted by molar-refractivity contribution is 5.74. The molecule has 1 aromatic carbocycles. The molecule has 0 aromatic heterocycles. The van der Waals surface area contributed by atoms with Crippen molar-refractivity contribution in [2.45, 2.75) is 0 Å². The lowest BCUT2D eigenvalue weighted by Gasteiger charge is -1.81. The second kappa shape index (κ2) is 7.91. The van der Waals surface area contributed by atoms with Crippen molar-refractivity contribution >= 4 is 6.29 Å². The molecule has 0 aliphatic heterocycles. The van der Waals surface area contributed by atoms with E-state index >= 15 is 0 Å². The van der Waals surface area contributed by atoms with E-state index in [2.05, 4.69) is 0 Å². The predicted molar refractivity (Wildman–Crippen MR) is 46.0 cm³/mol. The molecule has 0 saturated heterocycles. The SMILES string of the molecule is O=Cc1ccccc1.OCCO. The topological polar surface area (TPSA) is 57.5 Å². The van der Waals surface area contributed by atoms with Crippen LogP contribution in [-0.2, 0) is 0 Å². The van der Waals surface area contributed by atoms with Crippen LogP contribution in [0.4, 0.5) is 0 Å². The van der Waals surface area contributed by atoms with Crippen molar-refractivity contribution in [3.05, 3.63) is 35.9 Å². The summed E-state index contributed by atoms with van der Waals surface area (Å²) in [5.74, 6) is 0. The maximum absolute atomic E-state index is 10.0. The Labute approximate surface area is 71.3 Å². The minimum absolute atomic E-state index is 0.125. The first kappa shape index (κ1) is 10.8. The fraction of sp³-hybridized carbons (Fsp3) is 0.222. The molecule has 0 aliphatic rings. The normalized spacial score (nSPS) is 8.17. The van der Waals surface area contributed by atoms with E-state index in [1.54, 1.807) is 12.1 Å². The molecule has 0 amide bonds. The number of hydrogen-bond donors (Lipinski definition) is 2. The molecule has 3 heteroatoms. The first-order valence-electron chi connectivity index (χ1n) is 3.57. The number of carbonyl (C=O) groups is 1. The molecule has 1 rings (SSSR count). The van der Waals surface area contributed by atoms with Crippen LogP contribution in [0.15, 0.2) is 30.3 Å². The van der Waals surface area contributed by atoms with E-state index < -0.39 is 0 Å². The Balaban J connectivity index is 0.000000261. The predicted octanol–water partition coefficient (Wildman–Crippen LogP) is 0.470. The first-order chi connectivity index (χ1) is 5.85. The minimum Gasteiger partial charge on any atom is -0.394 e. The number of rotatable bonds is 2. The number of benzene rings is 1. The van der Waals surface area contributed by atoms with Gasteiger partial charge in [0.2, 0.25) is 0 Å². The molecular formula is C9H12O3. The third-order valence-electron chi connectivity index (χ3n) is 1.04. The number of aliphatic hydroxyl groups is 2. The van der Waals surface area contributed by atoms with Gasteiger partial charge in [-0.2, -0.15) is 0 Å². The molecule has 0 unspecified atom stereocenters. The highest BCUT2D eigenvalue weighted by Gasteiger charge is 1.79. The van der Waals surface area contributed by atoms with Crippen molar-refractivity contribution < 1.29 is 15.0 Å². The maximum Gasteiger partial charge on any atom is 0.150 e. The van der Waals surface area contributed by atoms with Gasteiger partial charge in [0.25, 0.3) is 0 Å². The highest BCUT2D eigenvalue weighted by Crippen LogP contribution is 1.91. The van der Waals surface area contributed by atoms with Gasteiger partial charge in [0.05, 0.1) is 13.2 Å². The van der Waals surface area contributed by atoms with Gasteiger partial charge in [0.1, 0.15) is 6.29 Å². The van der Waals surface area contributed by atoms with Crippen LogP contribution in [0.2, 0.25) is 0 Å². The van der Waals surface area contributed by atoms with Crippen molar-refractivity contribution in [2.24, 2.45) is 0 Å². The molecule has 0 spiro atoms. The van der Waals surface area contributed by atoms with Crippen molar-refractivity contribution in [1.82, 2.24) is 0 Å². The average molecular weight is 168 g/mol. The lowest BCUT2D eigenvalue weighted by molar-refractivity contribution is 0.112. The van der Waals surface area contributed by atoms with Crippen molar-refractivity contribution in [2.75, 3.05) is 13.2 Å². The monoisotopic (exact) mass is 168 g/mol. The molecule has 2 N–H and O–H groups in total. The smallest absolute Gasteiger partial charge is 0.150 e. The number of carbonyl (C=O) groups excluding carboxylic acids is 1. The molecule has 0 aliphatic carbocycles. The van der Waals surface area contributed by atoms with E-state index in [0.717, 1.165) is 11.8 Å². The average Bonchev–Trinajstić information content (AvgIpc) is 2.19. The van der Waals surface area contributed by atoms with Gasteiger partial charge < -0.3 is 10.2 Å². The molecule has 0 saturated carbocycles. The Bertz CT molecular complexity index is 194. The first-order valence-corrected chi connectivity index (χ1v) is 3.57. The lowest BCUT2D eigenvalue weighted by Crippen LogP contribution is -1.85. The van der Waals surface area contributed by atoms with Crippen LogP contribution >= 0.6 is 0 Å². The second-order valence-electron chi connectivity index (χ2n) is 1.98. The highest BCUT2D eigenvalue weighted by atomic mass is 16.3. The quantitative estimate of drug-likeness (QED) is 0.631. The van der Waals surface area contributed by atoms with Gasteiger partial charge in [0.15, 0.2) is 0 Å². The summed E-state index contributed by atoms with van der Waals surface area (Å²) >= 11 is 0.